The van der Waals surface area contributed by atoms with Crippen LogP contribution in [0.5, 0.6) is 0 Å². The zero-order valence-electron chi connectivity index (χ0n) is 11.4. The van der Waals surface area contributed by atoms with E-state index in [0.717, 1.165) is 10.2 Å². The van der Waals surface area contributed by atoms with Gasteiger partial charge in [0.1, 0.15) is 5.02 Å². The summed E-state index contributed by atoms with van der Waals surface area (Å²) in [6.45, 7) is 0. The molecule has 2 rings (SSSR count). The van der Waals surface area contributed by atoms with E-state index in [9.17, 15) is 9.00 Å². The summed E-state index contributed by atoms with van der Waals surface area (Å²) in [5.74, 6) is 0.358. The molecule has 8 heteroatoms. The number of aryl methyl sites for hydroxylation is 1. The summed E-state index contributed by atoms with van der Waals surface area (Å²) in [5.41, 5.74) is 1.48. The van der Waals surface area contributed by atoms with Crippen molar-refractivity contribution in [3.05, 3.63) is 50.4 Å². The van der Waals surface area contributed by atoms with Gasteiger partial charge in [-0.25, -0.2) is 4.68 Å². The van der Waals surface area contributed by atoms with E-state index in [-0.39, 0.29) is 10.6 Å². The van der Waals surface area contributed by atoms with Gasteiger partial charge in [0, 0.05) is 40.6 Å². The van der Waals surface area contributed by atoms with Gasteiger partial charge in [-0.15, -0.1) is 0 Å². The molecule has 2 aromatic rings. The highest BCUT2D eigenvalue weighted by Gasteiger charge is 2.09. The average molecular weight is 346 g/mol. The predicted molar refractivity (Wildman–Crippen MR) is 87.0 cm³/mol. The van der Waals surface area contributed by atoms with Gasteiger partial charge in [-0.1, -0.05) is 23.2 Å². The van der Waals surface area contributed by atoms with Crippen LogP contribution in [0, 0.1) is 0 Å². The second-order valence-electron chi connectivity index (χ2n) is 4.45. The second-order valence-corrected chi connectivity index (χ2v) is 6.67. The van der Waals surface area contributed by atoms with Crippen molar-refractivity contribution in [3.8, 4) is 0 Å². The molecule has 1 aromatic heterocycles. The van der Waals surface area contributed by atoms with E-state index in [4.69, 9.17) is 23.2 Å². The zero-order chi connectivity index (χ0) is 15.6. The molecule has 1 aromatic carbocycles. The lowest BCUT2D eigenvalue weighted by Gasteiger charge is -2.10. The van der Waals surface area contributed by atoms with Gasteiger partial charge in [-0.3, -0.25) is 9.00 Å². The molecule has 0 aliphatic rings. The van der Waals surface area contributed by atoms with E-state index in [1.807, 2.05) is 0 Å². The maximum Gasteiger partial charge on any atom is 0.287 e. The number of hydrogen-bond donors (Lipinski definition) is 1. The average Bonchev–Trinajstić information content (AvgIpc) is 2.42. The molecule has 0 aliphatic heterocycles. The maximum atomic E-state index is 11.7. The molecule has 0 amide bonds. The van der Waals surface area contributed by atoms with Crippen molar-refractivity contribution in [2.75, 3.05) is 11.6 Å². The Morgan fingerprint density at radius 1 is 1.38 bits per heavy atom. The molecule has 0 radical (unpaired) electrons. The highest BCUT2D eigenvalue weighted by atomic mass is 35.5. The van der Waals surface area contributed by atoms with E-state index in [1.165, 1.54) is 13.2 Å². The van der Waals surface area contributed by atoms with Crippen molar-refractivity contribution >= 4 is 45.4 Å². The molecule has 0 fully saturated rings. The molecule has 1 N–H and O–H groups in total. The van der Waals surface area contributed by atoms with E-state index in [2.05, 4.69) is 10.4 Å². The third-order valence-electron chi connectivity index (χ3n) is 2.76. The number of anilines is 2. The second kappa shape index (κ2) is 6.60. The van der Waals surface area contributed by atoms with Crippen molar-refractivity contribution in [2.24, 2.45) is 7.05 Å². The number of aromatic nitrogens is 2. The van der Waals surface area contributed by atoms with Crippen LogP contribution in [-0.4, -0.2) is 20.2 Å². The summed E-state index contributed by atoms with van der Waals surface area (Å²) < 4.78 is 12.5. The first-order valence-corrected chi connectivity index (χ1v) is 8.44. The van der Waals surface area contributed by atoms with Gasteiger partial charge in [-0.2, -0.15) is 5.10 Å². The molecule has 0 aliphatic carbocycles. The fraction of sp³-hybridized carbons (Fsp3) is 0.231. The van der Waals surface area contributed by atoms with Crippen molar-refractivity contribution in [1.82, 2.24) is 9.78 Å². The third-order valence-corrected chi connectivity index (χ3v) is 4.21. The number of nitrogens with one attached hydrogen (secondary N) is 1. The van der Waals surface area contributed by atoms with Gasteiger partial charge in [0.05, 0.1) is 11.9 Å². The maximum absolute atomic E-state index is 11.7. The largest absolute Gasteiger partial charge is 0.353 e. The van der Waals surface area contributed by atoms with Gasteiger partial charge < -0.3 is 5.32 Å². The Balaban J connectivity index is 2.34. The van der Waals surface area contributed by atoms with Crippen molar-refractivity contribution in [2.45, 2.75) is 5.75 Å². The van der Waals surface area contributed by atoms with Crippen LogP contribution in [0.3, 0.4) is 0 Å². The van der Waals surface area contributed by atoms with E-state index < -0.39 is 10.8 Å². The first-order valence-electron chi connectivity index (χ1n) is 5.95. The lowest BCUT2D eigenvalue weighted by atomic mass is 10.2. The van der Waals surface area contributed by atoms with Gasteiger partial charge >= 0.3 is 0 Å². The summed E-state index contributed by atoms with van der Waals surface area (Å²) in [7, 11) is 0.526. The minimum absolute atomic E-state index is 0.0584. The molecular weight excluding hydrogens is 333 g/mol. The predicted octanol–water partition coefficient (Wildman–Crippen LogP) is 2.71. The molecule has 112 valence electrons. The summed E-state index contributed by atoms with van der Waals surface area (Å²) in [5, 5.41) is 7.53. The fourth-order valence-electron chi connectivity index (χ4n) is 1.74. The van der Waals surface area contributed by atoms with Gasteiger partial charge in [0.25, 0.3) is 5.56 Å². The molecule has 1 atom stereocenters. The standard InChI is InChI=1S/C13H13Cl2N3O2S/c1-18-13(19)12(15)11(6-16-18)17-9-3-4-10(14)8(5-9)7-21(2)20/h3-6,17H,7H2,1-2H3. The Hall–Kier alpha value is -1.37. The number of hydrogen-bond acceptors (Lipinski definition) is 4. The molecule has 0 bridgehead atoms. The highest BCUT2D eigenvalue weighted by molar-refractivity contribution is 7.83. The Morgan fingerprint density at radius 3 is 2.76 bits per heavy atom. The Labute approximate surface area is 134 Å². The molecule has 0 saturated heterocycles. The minimum atomic E-state index is -0.997. The minimum Gasteiger partial charge on any atom is -0.353 e. The number of rotatable bonds is 4. The molecule has 21 heavy (non-hydrogen) atoms. The van der Waals surface area contributed by atoms with Crippen molar-refractivity contribution < 1.29 is 4.21 Å². The number of benzene rings is 1. The summed E-state index contributed by atoms with van der Waals surface area (Å²) >= 11 is 12.1. The highest BCUT2D eigenvalue weighted by Crippen LogP contribution is 2.26. The normalized spacial score (nSPS) is 12.2. The third kappa shape index (κ3) is 3.84. The zero-order valence-corrected chi connectivity index (χ0v) is 13.7. The molecule has 1 heterocycles. The van der Waals surface area contributed by atoms with E-state index in [0.29, 0.717) is 22.2 Å². The van der Waals surface area contributed by atoms with Gasteiger partial charge in [0.15, 0.2) is 0 Å². The monoisotopic (exact) mass is 345 g/mol. The van der Waals surface area contributed by atoms with Crippen LogP contribution in [0.1, 0.15) is 5.56 Å². The molecule has 1 unspecified atom stereocenters. The van der Waals surface area contributed by atoms with Crippen LogP contribution in [0.15, 0.2) is 29.2 Å². The molecule has 5 nitrogen and oxygen atoms in total. The van der Waals surface area contributed by atoms with E-state index >= 15 is 0 Å². The van der Waals surface area contributed by atoms with Crippen molar-refractivity contribution in [3.63, 3.8) is 0 Å². The first-order chi connectivity index (χ1) is 9.88. The smallest absolute Gasteiger partial charge is 0.287 e. The lowest BCUT2D eigenvalue weighted by molar-refractivity contribution is 0.686. The van der Waals surface area contributed by atoms with E-state index in [1.54, 1.807) is 24.5 Å². The quantitative estimate of drug-likeness (QED) is 0.925. The SMILES string of the molecule is Cn1ncc(Nc2ccc(Cl)c(CS(C)=O)c2)c(Cl)c1=O. The van der Waals surface area contributed by atoms with Crippen molar-refractivity contribution in [1.29, 1.82) is 0 Å². The topological polar surface area (TPSA) is 64.0 Å². The Kier molecular flexibility index (Phi) is 5.03. The molecule has 0 saturated carbocycles. The number of nitrogens with zero attached hydrogens (tertiary/aromatic N) is 2. The number of halogens is 2. The lowest BCUT2D eigenvalue weighted by Crippen LogP contribution is -2.20. The first kappa shape index (κ1) is 16.0. The molecule has 0 spiro atoms. The van der Waals surface area contributed by atoms with Crippen LogP contribution in [0.4, 0.5) is 11.4 Å². The fourth-order valence-corrected chi connectivity index (χ4v) is 2.89. The van der Waals surface area contributed by atoms with Gasteiger partial charge in [-0.05, 0) is 23.8 Å². The Morgan fingerprint density at radius 2 is 2.10 bits per heavy atom. The van der Waals surface area contributed by atoms with Crippen LogP contribution in [0.2, 0.25) is 10.0 Å². The van der Waals surface area contributed by atoms with Crippen LogP contribution < -0.4 is 10.9 Å². The molecular formula is C13H13Cl2N3O2S. The van der Waals surface area contributed by atoms with Crippen LogP contribution in [0.25, 0.3) is 0 Å². The summed E-state index contributed by atoms with van der Waals surface area (Å²) in [6.07, 6.45) is 3.08. The van der Waals surface area contributed by atoms with Crippen LogP contribution >= 0.6 is 23.2 Å². The van der Waals surface area contributed by atoms with Gasteiger partial charge in [0.2, 0.25) is 0 Å². The summed E-state index contributed by atoms with van der Waals surface area (Å²) in [4.78, 5) is 11.7. The van der Waals surface area contributed by atoms with Crippen LogP contribution in [-0.2, 0) is 23.6 Å². The summed E-state index contributed by atoms with van der Waals surface area (Å²) in [6, 6.07) is 5.23. The Bertz CT molecular complexity index is 762.